The van der Waals surface area contributed by atoms with Gasteiger partial charge >= 0.3 is 0 Å². The molecule has 5 aliphatic rings. The number of aromatic nitrogens is 1. The fraction of sp³-hybridized carbons (Fsp3) is 0.438. The Bertz CT molecular complexity index is 2450. The van der Waals surface area contributed by atoms with Gasteiger partial charge in [-0.3, -0.25) is 44.0 Å². The Morgan fingerprint density at radius 2 is 1.60 bits per heavy atom. The van der Waals surface area contributed by atoms with E-state index in [2.05, 4.69) is 16.4 Å². The molecule has 4 aromatic rings. The Morgan fingerprint density at radius 3 is 2.31 bits per heavy atom. The van der Waals surface area contributed by atoms with Gasteiger partial charge in [-0.25, -0.2) is 13.2 Å². The molecule has 11 nitrogen and oxygen atoms in total. The lowest BCUT2D eigenvalue weighted by Crippen LogP contribution is -2.54. The number of carbonyl (C=O) groups excluding carboxylic acids is 5. The summed E-state index contributed by atoms with van der Waals surface area (Å²) in [6.07, 6.45) is 6.11. The molecule has 0 aliphatic carbocycles. The van der Waals surface area contributed by atoms with Crippen molar-refractivity contribution < 1.29 is 37.1 Å². The highest BCUT2D eigenvalue weighted by Gasteiger charge is 2.45. The second kappa shape index (κ2) is 17.3. The summed E-state index contributed by atoms with van der Waals surface area (Å²) in [5.41, 5.74) is 7.24. The molecule has 0 saturated carbocycles. The summed E-state index contributed by atoms with van der Waals surface area (Å²) in [6.45, 7) is 3.84. The van der Waals surface area contributed by atoms with Crippen molar-refractivity contribution in [2.75, 3.05) is 26.2 Å². The number of nitrogens with one attached hydrogen (secondary N) is 2. The number of benzene rings is 3. The van der Waals surface area contributed by atoms with Gasteiger partial charge in [-0.05, 0) is 110 Å². The lowest BCUT2D eigenvalue weighted by Gasteiger charge is -2.41. The Kier molecular flexibility index (Phi) is 11.6. The third kappa shape index (κ3) is 7.98. The van der Waals surface area contributed by atoms with E-state index in [1.165, 1.54) is 0 Å². The van der Waals surface area contributed by atoms with Crippen LogP contribution in [-0.2, 0) is 33.9 Å². The molecule has 0 spiro atoms. The molecule has 6 heterocycles. The van der Waals surface area contributed by atoms with E-state index in [0.29, 0.717) is 38.2 Å². The molecule has 14 heteroatoms. The van der Waals surface area contributed by atoms with Crippen molar-refractivity contribution in [3.05, 3.63) is 111 Å². The molecule has 324 valence electrons. The van der Waals surface area contributed by atoms with Crippen molar-refractivity contribution in [2.45, 2.75) is 109 Å². The maximum atomic E-state index is 16.4. The van der Waals surface area contributed by atoms with E-state index >= 15 is 4.39 Å². The normalized spacial score (nSPS) is 23.8. The van der Waals surface area contributed by atoms with Crippen molar-refractivity contribution >= 4 is 46.0 Å². The minimum Gasteiger partial charge on any atom is -0.357 e. The van der Waals surface area contributed by atoms with Crippen LogP contribution in [0.5, 0.6) is 0 Å². The first kappa shape index (κ1) is 41.7. The SMILES string of the molecule is C[C@@H]1Cc2c([nH]c3ccccc23)[C@@H](c2ccc(/C3=C/CCCCN(C(=O)CN4Cc5cc6c(cc5C4)C(=O)N(C4CCC(=O)NC4=O)C6=O)CCCCC3)cc2F)N1CC(F)F. The number of aromatic amines is 1. The first-order valence-corrected chi connectivity index (χ1v) is 21.9. The van der Waals surface area contributed by atoms with Crippen LogP contribution in [0.25, 0.3) is 16.5 Å². The zero-order valence-electron chi connectivity index (χ0n) is 34.9. The molecule has 3 atom stereocenters. The largest absolute Gasteiger partial charge is 0.357 e. The molecule has 9 rings (SSSR count). The molecular formula is C48H51F3N6O5. The fourth-order valence-electron chi connectivity index (χ4n) is 10.3. The number of hydrogen-bond donors (Lipinski definition) is 2. The van der Waals surface area contributed by atoms with Crippen LogP contribution in [0.1, 0.15) is 125 Å². The Morgan fingerprint density at radius 1 is 0.871 bits per heavy atom. The van der Waals surface area contributed by atoms with Gasteiger partial charge in [-0.1, -0.05) is 42.8 Å². The third-order valence-electron chi connectivity index (χ3n) is 13.4. The fourth-order valence-corrected chi connectivity index (χ4v) is 10.3. The van der Waals surface area contributed by atoms with E-state index in [9.17, 15) is 32.8 Å². The number of para-hydroxylation sites is 1. The highest BCUT2D eigenvalue weighted by atomic mass is 19.3. The number of halogens is 3. The average Bonchev–Trinajstić information content (AvgIpc) is 3.88. The van der Waals surface area contributed by atoms with Crippen LogP contribution in [0.3, 0.4) is 0 Å². The molecule has 1 aromatic heterocycles. The van der Waals surface area contributed by atoms with Crippen molar-refractivity contribution in [3.63, 3.8) is 0 Å². The monoisotopic (exact) mass is 848 g/mol. The predicted octanol–water partition coefficient (Wildman–Crippen LogP) is 7.28. The zero-order valence-corrected chi connectivity index (χ0v) is 34.9. The van der Waals surface area contributed by atoms with E-state index < -0.39 is 54.5 Å². The summed E-state index contributed by atoms with van der Waals surface area (Å²) in [7, 11) is 0. The molecule has 1 fully saturated rings. The number of rotatable bonds is 7. The molecule has 3 aromatic carbocycles. The molecule has 5 amide bonds. The summed E-state index contributed by atoms with van der Waals surface area (Å²) in [4.78, 5) is 74.7. The van der Waals surface area contributed by atoms with Gasteiger partial charge in [0.1, 0.15) is 11.9 Å². The molecule has 62 heavy (non-hydrogen) atoms. The molecule has 1 unspecified atom stereocenters. The number of H-pyrrole nitrogens is 1. The van der Waals surface area contributed by atoms with Crippen molar-refractivity contribution in [2.24, 2.45) is 0 Å². The summed E-state index contributed by atoms with van der Waals surface area (Å²) in [6, 6.07) is 14.7. The van der Waals surface area contributed by atoms with Crippen LogP contribution in [-0.4, -0.2) is 98.8 Å². The van der Waals surface area contributed by atoms with E-state index in [1.807, 2.05) is 47.1 Å². The first-order chi connectivity index (χ1) is 29.9. The maximum absolute atomic E-state index is 16.4. The van der Waals surface area contributed by atoms with Crippen molar-refractivity contribution in [3.8, 4) is 0 Å². The topological polar surface area (TPSA) is 126 Å². The van der Waals surface area contributed by atoms with Crippen LogP contribution >= 0.6 is 0 Å². The van der Waals surface area contributed by atoms with E-state index in [0.717, 1.165) is 94.3 Å². The van der Waals surface area contributed by atoms with E-state index in [-0.39, 0.29) is 42.5 Å². The van der Waals surface area contributed by atoms with Crippen molar-refractivity contribution in [1.82, 2.24) is 29.9 Å². The number of alkyl halides is 2. The van der Waals surface area contributed by atoms with Crippen LogP contribution in [0.2, 0.25) is 0 Å². The smallest absolute Gasteiger partial charge is 0.262 e. The minimum absolute atomic E-state index is 0.0319. The molecule has 0 bridgehead atoms. The second-order valence-corrected chi connectivity index (χ2v) is 17.5. The number of allylic oxidation sites excluding steroid dienone is 2. The lowest BCUT2D eigenvalue weighted by atomic mass is 9.87. The van der Waals surface area contributed by atoms with E-state index in [1.54, 1.807) is 29.2 Å². The average molecular weight is 849 g/mol. The number of piperidine rings is 1. The van der Waals surface area contributed by atoms with Gasteiger partial charge in [0.25, 0.3) is 18.2 Å². The Hall–Kier alpha value is -5.60. The number of hydrogen-bond acceptors (Lipinski definition) is 7. The number of carbonyl (C=O) groups is 5. The highest BCUT2D eigenvalue weighted by molar-refractivity contribution is 6.23. The molecule has 0 radical (unpaired) electrons. The molecule has 5 aliphatic heterocycles. The van der Waals surface area contributed by atoms with Gasteiger partial charge in [-0.2, -0.15) is 0 Å². The van der Waals surface area contributed by atoms with Crippen molar-refractivity contribution in [1.29, 1.82) is 0 Å². The van der Waals surface area contributed by atoms with Gasteiger partial charge < -0.3 is 9.88 Å². The number of imide groups is 2. The van der Waals surface area contributed by atoms with Gasteiger partial charge in [0, 0.05) is 60.8 Å². The van der Waals surface area contributed by atoms with Crippen LogP contribution < -0.4 is 5.32 Å². The third-order valence-corrected chi connectivity index (χ3v) is 13.4. The van der Waals surface area contributed by atoms with Gasteiger partial charge in [-0.15, -0.1) is 0 Å². The van der Waals surface area contributed by atoms with Gasteiger partial charge in [0.05, 0.1) is 30.3 Å². The Balaban J connectivity index is 0.827. The van der Waals surface area contributed by atoms with Crippen LogP contribution in [0.15, 0.2) is 60.7 Å². The van der Waals surface area contributed by atoms with Crippen LogP contribution in [0, 0.1) is 5.82 Å². The quantitative estimate of drug-likeness (QED) is 0.187. The number of fused-ring (bicyclic) bond motifs is 5. The van der Waals surface area contributed by atoms with Gasteiger partial charge in [0.15, 0.2) is 0 Å². The van der Waals surface area contributed by atoms with E-state index in [4.69, 9.17) is 0 Å². The second-order valence-electron chi connectivity index (χ2n) is 17.5. The van der Waals surface area contributed by atoms with Gasteiger partial charge in [0.2, 0.25) is 17.7 Å². The molecular weight excluding hydrogens is 798 g/mol. The predicted molar refractivity (Wildman–Crippen MR) is 227 cm³/mol. The first-order valence-electron chi connectivity index (χ1n) is 21.9. The summed E-state index contributed by atoms with van der Waals surface area (Å²) >= 11 is 0. The standard InChI is InChI=1S/C48H51F3N6O5/c1-28-20-35-33-12-6-7-13-39(33)52-44(35)45(56(28)26-41(50)51)34-15-14-30(23-38(34)49)29-10-4-2-8-18-55(19-9-3-5-11-29)43(59)27-54-24-31-21-36-37(22-32(31)25-54)48(62)57(47(36)61)40-16-17-42(58)53-46(40)60/h6-7,10,12-15,21-23,28,40-41,45,52H,2-5,8-9,11,16-20,24-27H2,1H3,(H,53,58,60)/b29-10+/t28-,40?,45-/m1/s1. The Labute approximate surface area is 358 Å². The lowest BCUT2D eigenvalue weighted by molar-refractivity contribution is -0.136. The summed E-state index contributed by atoms with van der Waals surface area (Å²) < 4.78 is 44.3. The number of nitrogens with zero attached hydrogens (tertiary/aromatic N) is 4. The molecule has 2 N–H and O–H groups in total. The van der Waals surface area contributed by atoms with Crippen LogP contribution in [0.4, 0.5) is 13.2 Å². The molecule has 1 saturated heterocycles. The number of amides is 5. The summed E-state index contributed by atoms with van der Waals surface area (Å²) in [5.74, 6) is -2.53. The summed E-state index contributed by atoms with van der Waals surface area (Å²) in [5, 5.41) is 3.27. The maximum Gasteiger partial charge on any atom is 0.262 e. The minimum atomic E-state index is -2.56. The zero-order chi connectivity index (χ0) is 43.2. The highest BCUT2D eigenvalue weighted by Crippen LogP contribution is 2.42.